The van der Waals surface area contributed by atoms with Gasteiger partial charge < -0.3 is 14.6 Å². The molecule has 0 aromatic carbocycles. The van der Waals surface area contributed by atoms with Crippen molar-refractivity contribution in [2.75, 3.05) is 6.61 Å². The Morgan fingerprint density at radius 2 is 2.13 bits per heavy atom. The van der Waals surface area contributed by atoms with Gasteiger partial charge in [-0.05, 0) is 85.2 Å². The topological polar surface area (TPSA) is 53.6 Å². The van der Waals surface area contributed by atoms with E-state index in [0.717, 1.165) is 25.7 Å². The number of aliphatic hydroxyl groups excluding tert-OH is 1. The van der Waals surface area contributed by atoms with Gasteiger partial charge in [0.2, 0.25) is 0 Å². The van der Waals surface area contributed by atoms with Gasteiger partial charge in [-0.2, -0.15) is 0 Å². The van der Waals surface area contributed by atoms with E-state index in [0.29, 0.717) is 23.2 Å². The molecule has 6 atom stereocenters. The van der Waals surface area contributed by atoms with Gasteiger partial charge in [0.05, 0.1) is 18.5 Å². The highest BCUT2D eigenvalue weighted by molar-refractivity contribution is 5.31. The van der Waals surface area contributed by atoms with Crippen molar-refractivity contribution in [3.8, 4) is 0 Å². The largest absolute Gasteiger partial charge is 0.469 e. The SMILES string of the molecule is C[C@]12CCc3occc3[C@H]1CC[C@@]13C[C@H](CC[C@H]12)[C@@](O)(CO)C3. The van der Waals surface area contributed by atoms with Crippen LogP contribution in [0.5, 0.6) is 0 Å². The molecule has 23 heavy (non-hydrogen) atoms. The quantitative estimate of drug-likeness (QED) is 0.831. The van der Waals surface area contributed by atoms with Gasteiger partial charge in [0, 0.05) is 6.42 Å². The second kappa shape index (κ2) is 4.43. The maximum Gasteiger partial charge on any atom is 0.107 e. The maximum atomic E-state index is 10.9. The Morgan fingerprint density at radius 1 is 1.26 bits per heavy atom. The summed E-state index contributed by atoms with van der Waals surface area (Å²) >= 11 is 0. The molecule has 5 rings (SSSR count). The van der Waals surface area contributed by atoms with Gasteiger partial charge >= 0.3 is 0 Å². The fourth-order valence-corrected chi connectivity index (χ4v) is 7.51. The Balaban J connectivity index is 1.56. The van der Waals surface area contributed by atoms with Crippen molar-refractivity contribution < 1.29 is 14.6 Å². The van der Waals surface area contributed by atoms with Crippen LogP contribution in [-0.4, -0.2) is 22.4 Å². The third-order valence-electron chi connectivity index (χ3n) is 8.46. The van der Waals surface area contributed by atoms with E-state index in [1.807, 2.05) is 6.26 Å². The van der Waals surface area contributed by atoms with Crippen molar-refractivity contribution in [2.24, 2.45) is 22.7 Å². The minimum Gasteiger partial charge on any atom is -0.469 e. The van der Waals surface area contributed by atoms with Crippen LogP contribution in [0.4, 0.5) is 0 Å². The van der Waals surface area contributed by atoms with E-state index in [1.165, 1.54) is 37.0 Å². The van der Waals surface area contributed by atoms with Crippen LogP contribution in [0.3, 0.4) is 0 Å². The molecule has 1 aromatic heterocycles. The molecule has 4 aliphatic carbocycles. The Kier molecular flexibility index (Phi) is 2.80. The normalized spacial score (nSPS) is 51.0. The maximum absolute atomic E-state index is 10.9. The zero-order valence-electron chi connectivity index (χ0n) is 14.1. The molecule has 1 heterocycles. The van der Waals surface area contributed by atoms with Crippen molar-refractivity contribution in [3.05, 3.63) is 23.7 Å². The van der Waals surface area contributed by atoms with Crippen molar-refractivity contribution in [2.45, 2.75) is 69.8 Å². The minimum absolute atomic E-state index is 0.0574. The van der Waals surface area contributed by atoms with Crippen LogP contribution in [0.15, 0.2) is 16.7 Å². The van der Waals surface area contributed by atoms with E-state index in [9.17, 15) is 10.2 Å². The average molecular weight is 316 g/mol. The molecule has 126 valence electrons. The number of rotatable bonds is 1. The lowest BCUT2D eigenvalue weighted by molar-refractivity contribution is -0.0727. The minimum atomic E-state index is -0.812. The Hall–Kier alpha value is -0.800. The van der Waals surface area contributed by atoms with Crippen LogP contribution >= 0.6 is 0 Å². The van der Waals surface area contributed by atoms with Gasteiger partial charge in [-0.1, -0.05) is 6.92 Å². The monoisotopic (exact) mass is 316 g/mol. The first-order chi connectivity index (χ1) is 11.0. The molecule has 0 radical (unpaired) electrons. The summed E-state index contributed by atoms with van der Waals surface area (Å²) in [5.41, 5.74) is 1.26. The van der Waals surface area contributed by atoms with E-state index in [4.69, 9.17) is 4.42 Å². The highest BCUT2D eigenvalue weighted by atomic mass is 16.3. The zero-order chi connectivity index (χ0) is 15.9. The summed E-state index contributed by atoms with van der Waals surface area (Å²) in [6, 6.07) is 2.21. The van der Waals surface area contributed by atoms with Crippen molar-refractivity contribution in [1.82, 2.24) is 0 Å². The third-order valence-corrected chi connectivity index (χ3v) is 8.46. The van der Waals surface area contributed by atoms with E-state index in [2.05, 4.69) is 13.0 Å². The van der Waals surface area contributed by atoms with E-state index >= 15 is 0 Å². The predicted octanol–water partition coefficient (Wildman–Crippen LogP) is 3.64. The van der Waals surface area contributed by atoms with Crippen molar-refractivity contribution in [3.63, 3.8) is 0 Å². The fraction of sp³-hybridized carbons (Fsp3) is 0.800. The highest BCUT2D eigenvalue weighted by Gasteiger charge is 2.65. The Morgan fingerprint density at radius 3 is 2.96 bits per heavy atom. The smallest absolute Gasteiger partial charge is 0.107 e. The van der Waals surface area contributed by atoms with Crippen LogP contribution in [0.25, 0.3) is 0 Å². The van der Waals surface area contributed by atoms with Gasteiger partial charge in [-0.3, -0.25) is 0 Å². The van der Waals surface area contributed by atoms with Crippen LogP contribution in [-0.2, 0) is 6.42 Å². The van der Waals surface area contributed by atoms with E-state index in [-0.39, 0.29) is 12.0 Å². The summed E-state index contributed by atoms with van der Waals surface area (Å²) in [4.78, 5) is 0. The van der Waals surface area contributed by atoms with Gasteiger partial charge in [-0.25, -0.2) is 0 Å². The molecular formula is C20H28O3. The summed E-state index contributed by atoms with van der Waals surface area (Å²) < 4.78 is 5.72. The van der Waals surface area contributed by atoms with Gasteiger partial charge in [-0.15, -0.1) is 0 Å². The average Bonchev–Trinajstić information content (AvgIpc) is 3.09. The number of aryl methyl sites for hydroxylation is 1. The van der Waals surface area contributed by atoms with Crippen molar-refractivity contribution in [1.29, 1.82) is 0 Å². The summed E-state index contributed by atoms with van der Waals surface area (Å²) in [7, 11) is 0. The molecule has 1 aromatic rings. The van der Waals surface area contributed by atoms with Gasteiger partial charge in [0.15, 0.2) is 0 Å². The molecule has 1 spiro atoms. The summed E-state index contributed by atoms with van der Waals surface area (Å²) in [5.74, 6) is 2.85. The molecule has 0 aliphatic heterocycles. The second-order valence-electron chi connectivity index (χ2n) is 9.23. The zero-order valence-corrected chi connectivity index (χ0v) is 14.1. The lowest BCUT2D eigenvalue weighted by Gasteiger charge is -2.59. The number of furan rings is 1. The molecule has 0 amide bonds. The lowest BCUT2D eigenvalue weighted by atomic mass is 9.45. The molecule has 3 heteroatoms. The molecule has 3 saturated carbocycles. The summed E-state index contributed by atoms with van der Waals surface area (Å²) in [6.07, 6.45) is 10.9. The predicted molar refractivity (Wildman–Crippen MR) is 87.0 cm³/mol. The molecule has 4 aliphatic rings. The van der Waals surface area contributed by atoms with Crippen LogP contribution in [0, 0.1) is 22.7 Å². The number of hydrogen-bond donors (Lipinski definition) is 2. The molecule has 0 saturated heterocycles. The highest BCUT2D eigenvalue weighted by Crippen LogP contribution is 2.71. The first-order valence-corrected chi connectivity index (χ1v) is 9.40. The first kappa shape index (κ1) is 14.5. The standard InChI is InChI=1S/C20H28O3/c1-18-7-5-16-14(6-9-23-16)15(18)4-8-19-10-13(2-3-17(18)19)20(22,11-19)12-21/h6,9,13,15,17,21-22H,2-5,7-8,10-12H2,1H3/t13-,15+,17-,18-,19-,20-/m0/s1. The molecule has 3 fully saturated rings. The van der Waals surface area contributed by atoms with E-state index < -0.39 is 5.60 Å². The Labute approximate surface area is 138 Å². The van der Waals surface area contributed by atoms with Crippen LogP contribution < -0.4 is 0 Å². The lowest BCUT2D eigenvalue weighted by Crippen LogP contribution is -2.51. The Bertz CT molecular complexity index is 637. The van der Waals surface area contributed by atoms with Gasteiger partial charge in [0.1, 0.15) is 5.76 Å². The number of hydrogen-bond acceptors (Lipinski definition) is 3. The van der Waals surface area contributed by atoms with Crippen molar-refractivity contribution >= 4 is 0 Å². The summed E-state index contributed by atoms with van der Waals surface area (Å²) in [5, 5.41) is 20.7. The van der Waals surface area contributed by atoms with Gasteiger partial charge in [0.25, 0.3) is 0 Å². The number of fused-ring (bicyclic) bond motifs is 5. The first-order valence-electron chi connectivity index (χ1n) is 9.40. The van der Waals surface area contributed by atoms with Crippen LogP contribution in [0.1, 0.15) is 69.1 Å². The molecule has 2 bridgehead atoms. The molecular weight excluding hydrogens is 288 g/mol. The van der Waals surface area contributed by atoms with E-state index in [1.54, 1.807) is 0 Å². The molecule has 0 unspecified atom stereocenters. The van der Waals surface area contributed by atoms with Crippen LogP contribution in [0.2, 0.25) is 0 Å². The third kappa shape index (κ3) is 1.68. The molecule has 2 N–H and O–H groups in total. The fourth-order valence-electron chi connectivity index (χ4n) is 7.51. The second-order valence-corrected chi connectivity index (χ2v) is 9.23. The summed E-state index contributed by atoms with van der Waals surface area (Å²) in [6.45, 7) is 2.45. The number of aliphatic hydroxyl groups is 2. The molecule has 3 nitrogen and oxygen atoms in total.